The monoisotopic (exact) mass is 314 g/mol. The van der Waals surface area contributed by atoms with E-state index in [1.54, 1.807) is 0 Å². The maximum atomic E-state index is 5.88. The standard InChI is InChI=1S/C13H19BrN2S/c1-9-10(2)17-7-6-16(9)13-5-3-4-12(14)11(13)8-15/h3-5,9-10H,6-8,15H2,1-2H3. The first kappa shape index (κ1) is 13.2. The van der Waals surface area contributed by atoms with Crippen molar-refractivity contribution in [3.05, 3.63) is 28.2 Å². The molecule has 2 unspecified atom stereocenters. The molecule has 0 amide bonds. The summed E-state index contributed by atoms with van der Waals surface area (Å²) in [4.78, 5) is 2.49. The molecule has 1 aromatic carbocycles. The molecule has 0 saturated carbocycles. The molecule has 2 nitrogen and oxygen atoms in total. The summed E-state index contributed by atoms with van der Waals surface area (Å²) in [6, 6.07) is 6.91. The molecule has 1 aromatic rings. The molecule has 1 aliphatic rings. The van der Waals surface area contributed by atoms with Gasteiger partial charge in [0.1, 0.15) is 0 Å². The summed E-state index contributed by atoms with van der Waals surface area (Å²) in [5, 5.41) is 0.674. The smallest absolute Gasteiger partial charge is 0.0426 e. The minimum absolute atomic E-state index is 0.563. The number of nitrogens with two attached hydrogens (primary N) is 1. The van der Waals surface area contributed by atoms with Crippen LogP contribution in [-0.2, 0) is 6.54 Å². The lowest BCUT2D eigenvalue weighted by molar-refractivity contribution is 0.624. The quantitative estimate of drug-likeness (QED) is 0.908. The van der Waals surface area contributed by atoms with Crippen LogP contribution in [0.3, 0.4) is 0 Å². The lowest BCUT2D eigenvalue weighted by Crippen LogP contribution is -2.45. The van der Waals surface area contributed by atoms with E-state index in [1.807, 2.05) is 0 Å². The van der Waals surface area contributed by atoms with Gasteiger partial charge in [0.2, 0.25) is 0 Å². The van der Waals surface area contributed by atoms with Gasteiger partial charge in [0.05, 0.1) is 0 Å². The van der Waals surface area contributed by atoms with Crippen molar-refractivity contribution in [2.24, 2.45) is 5.73 Å². The van der Waals surface area contributed by atoms with Crippen LogP contribution < -0.4 is 10.6 Å². The molecule has 0 bridgehead atoms. The van der Waals surface area contributed by atoms with E-state index in [-0.39, 0.29) is 0 Å². The third-order valence-electron chi connectivity index (χ3n) is 3.49. The van der Waals surface area contributed by atoms with Crippen LogP contribution in [0.25, 0.3) is 0 Å². The number of benzene rings is 1. The third-order valence-corrected chi connectivity index (χ3v) is 5.57. The number of hydrogen-bond acceptors (Lipinski definition) is 3. The van der Waals surface area contributed by atoms with Gasteiger partial charge in [0, 0.05) is 45.9 Å². The second kappa shape index (κ2) is 5.63. The van der Waals surface area contributed by atoms with Crippen molar-refractivity contribution in [1.29, 1.82) is 0 Å². The Balaban J connectivity index is 2.35. The van der Waals surface area contributed by atoms with Gasteiger partial charge >= 0.3 is 0 Å². The van der Waals surface area contributed by atoms with Crippen molar-refractivity contribution in [2.75, 3.05) is 17.2 Å². The minimum atomic E-state index is 0.563. The lowest BCUT2D eigenvalue weighted by Gasteiger charge is -2.40. The summed E-state index contributed by atoms with van der Waals surface area (Å²) >= 11 is 5.65. The highest BCUT2D eigenvalue weighted by Gasteiger charge is 2.26. The van der Waals surface area contributed by atoms with Gasteiger partial charge in [-0.3, -0.25) is 0 Å². The molecule has 0 aliphatic carbocycles. The number of hydrogen-bond donors (Lipinski definition) is 1. The van der Waals surface area contributed by atoms with E-state index >= 15 is 0 Å². The molecule has 17 heavy (non-hydrogen) atoms. The van der Waals surface area contributed by atoms with Crippen LogP contribution in [0.4, 0.5) is 5.69 Å². The Morgan fingerprint density at radius 3 is 2.94 bits per heavy atom. The molecule has 1 saturated heterocycles. The van der Waals surface area contributed by atoms with Crippen LogP contribution in [0.1, 0.15) is 19.4 Å². The lowest BCUT2D eigenvalue weighted by atomic mass is 10.1. The predicted molar refractivity (Wildman–Crippen MR) is 80.8 cm³/mol. The van der Waals surface area contributed by atoms with Crippen LogP contribution in [0.15, 0.2) is 22.7 Å². The fourth-order valence-corrected chi connectivity index (χ4v) is 3.91. The summed E-state index contributed by atoms with van der Waals surface area (Å²) in [6.45, 7) is 6.31. The third kappa shape index (κ3) is 2.64. The van der Waals surface area contributed by atoms with Crippen LogP contribution in [0.5, 0.6) is 0 Å². The minimum Gasteiger partial charge on any atom is -0.367 e. The zero-order valence-electron chi connectivity index (χ0n) is 10.3. The molecule has 2 N–H and O–H groups in total. The van der Waals surface area contributed by atoms with Crippen LogP contribution in [-0.4, -0.2) is 23.6 Å². The SMILES string of the molecule is CC1SCCN(c2cccc(Br)c2CN)C1C. The van der Waals surface area contributed by atoms with Gasteiger partial charge in [0.25, 0.3) is 0 Å². The van der Waals surface area contributed by atoms with Crippen molar-refractivity contribution in [3.8, 4) is 0 Å². The van der Waals surface area contributed by atoms with E-state index in [4.69, 9.17) is 5.73 Å². The first-order valence-electron chi connectivity index (χ1n) is 6.01. The highest BCUT2D eigenvalue weighted by Crippen LogP contribution is 2.33. The van der Waals surface area contributed by atoms with Gasteiger partial charge in [-0.2, -0.15) is 11.8 Å². The van der Waals surface area contributed by atoms with E-state index in [2.05, 4.69) is 64.6 Å². The molecule has 0 aromatic heterocycles. The Hall–Kier alpha value is -0.190. The molecular weight excluding hydrogens is 296 g/mol. The molecule has 1 fully saturated rings. The Bertz CT molecular complexity index is 397. The highest BCUT2D eigenvalue weighted by atomic mass is 79.9. The van der Waals surface area contributed by atoms with Crippen molar-refractivity contribution >= 4 is 33.4 Å². The predicted octanol–water partition coefficient (Wildman–Crippen LogP) is 3.24. The van der Waals surface area contributed by atoms with Gasteiger partial charge in [-0.25, -0.2) is 0 Å². The fraction of sp³-hybridized carbons (Fsp3) is 0.538. The molecule has 94 valence electrons. The first-order chi connectivity index (χ1) is 8.15. The molecule has 2 rings (SSSR count). The van der Waals surface area contributed by atoms with Gasteiger partial charge in [-0.05, 0) is 19.1 Å². The second-order valence-corrected chi connectivity index (χ2v) is 6.79. The van der Waals surface area contributed by atoms with Crippen LogP contribution >= 0.6 is 27.7 Å². The summed E-state index contributed by atoms with van der Waals surface area (Å²) in [5.41, 5.74) is 8.39. The number of halogens is 1. The maximum Gasteiger partial charge on any atom is 0.0426 e. The number of anilines is 1. The van der Waals surface area contributed by atoms with Crippen molar-refractivity contribution in [1.82, 2.24) is 0 Å². The molecule has 1 aliphatic heterocycles. The number of nitrogens with zero attached hydrogens (tertiary/aromatic N) is 1. The zero-order chi connectivity index (χ0) is 12.4. The maximum absolute atomic E-state index is 5.88. The Labute approximate surface area is 116 Å². The number of thioether (sulfide) groups is 1. The molecule has 0 radical (unpaired) electrons. The summed E-state index contributed by atoms with van der Waals surface area (Å²) in [5.74, 6) is 1.20. The first-order valence-corrected chi connectivity index (χ1v) is 7.85. The summed E-state index contributed by atoms with van der Waals surface area (Å²) < 4.78 is 1.12. The van der Waals surface area contributed by atoms with E-state index in [0.29, 0.717) is 17.8 Å². The van der Waals surface area contributed by atoms with E-state index in [1.165, 1.54) is 17.0 Å². The summed E-state index contributed by atoms with van der Waals surface area (Å²) in [6.07, 6.45) is 0. The zero-order valence-corrected chi connectivity index (χ0v) is 12.7. The largest absolute Gasteiger partial charge is 0.367 e. The van der Waals surface area contributed by atoms with E-state index in [0.717, 1.165) is 11.0 Å². The molecule has 0 spiro atoms. The molecule has 2 atom stereocenters. The Morgan fingerprint density at radius 1 is 1.47 bits per heavy atom. The van der Waals surface area contributed by atoms with Gasteiger partial charge in [-0.1, -0.05) is 28.9 Å². The van der Waals surface area contributed by atoms with Crippen molar-refractivity contribution in [2.45, 2.75) is 31.7 Å². The highest BCUT2D eigenvalue weighted by molar-refractivity contribution is 9.10. The normalized spacial score (nSPS) is 25.1. The molecule has 1 heterocycles. The Morgan fingerprint density at radius 2 is 2.24 bits per heavy atom. The average molecular weight is 315 g/mol. The van der Waals surface area contributed by atoms with Gasteiger partial charge in [-0.15, -0.1) is 0 Å². The number of rotatable bonds is 2. The van der Waals surface area contributed by atoms with Gasteiger partial charge < -0.3 is 10.6 Å². The van der Waals surface area contributed by atoms with Crippen molar-refractivity contribution < 1.29 is 0 Å². The van der Waals surface area contributed by atoms with Crippen molar-refractivity contribution in [3.63, 3.8) is 0 Å². The van der Waals surface area contributed by atoms with Gasteiger partial charge in [0.15, 0.2) is 0 Å². The molecular formula is C13H19BrN2S. The topological polar surface area (TPSA) is 29.3 Å². The fourth-order valence-electron chi connectivity index (χ4n) is 2.29. The van der Waals surface area contributed by atoms with E-state index in [9.17, 15) is 0 Å². The average Bonchev–Trinajstić information content (AvgIpc) is 2.32. The van der Waals surface area contributed by atoms with Crippen LogP contribution in [0, 0.1) is 0 Å². The summed E-state index contributed by atoms with van der Waals surface area (Å²) in [7, 11) is 0. The van der Waals surface area contributed by atoms with Crippen LogP contribution in [0.2, 0.25) is 0 Å². The Kier molecular flexibility index (Phi) is 4.39. The second-order valence-electron chi connectivity index (χ2n) is 4.45. The van der Waals surface area contributed by atoms with E-state index < -0.39 is 0 Å². The molecule has 4 heteroatoms.